The summed E-state index contributed by atoms with van der Waals surface area (Å²) in [4.78, 5) is 38.2. The first-order chi connectivity index (χ1) is 25.2. The summed E-state index contributed by atoms with van der Waals surface area (Å²) in [6.45, 7) is 8.33. The van der Waals surface area contributed by atoms with Crippen molar-refractivity contribution in [1.29, 1.82) is 0 Å². The summed E-state index contributed by atoms with van der Waals surface area (Å²) in [7, 11) is -4.35. The molecule has 0 saturated carbocycles. The summed E-state index contributed by atoms with van der Waals surface area (Å²) in [6, 6.07) is 32.6. The molecule has 0 saturated heterocycles. The van der Waals surface area contributed by atoms with E-state index in [1.54, 1.807) is 40.7 Å². The first kappa shape index (κ1) is 40.6. The first-order valence-electron chi connectivity index (χ1n) is 17.3. The molecular formula is C41H46N2O9S. The molecule has 0 aromatic heterocycles. The third kappa shape index (κ3) is 10.9. The molecule has 0 aliphatic heterocycles. The van der Waals surface area contributed by atoms with Gasteiger partial charge in [0.2, 0.25) is 0 Å². The number of carbonyl (C=O) groups is 2. The number of hydrogen-bond donors (Lipinski definition) is 1. The molecule has 0 heterocycles. The number of nitrogens with zero attached hydrogens (tertiary/aromatic N) is 1. The van der Waals surface area contributed by atoms with Crippen molar-refractivity contribution in [1.82, 2.24) is 5.32 Å². The van der Waals surface area contributed by atoms with Gasteiger partial charge in [0.25, 0.3) is 15.8 Å². The highest BCUT2D eigenvalue weighted by atomic mass is 32.2. The van der Waals surface area contributed by atoms with Crippen molar-refractivity contribution < 1.29 is 36.6 Å². The maximum atomic E-state index is 14.3. The van der Waals surface area contributed by atoms with E-state index in [0.29, 0.717) is 5.76 Å². The van der Waals surface area contributed by atoms with E-state index in [0.717, 1.165) is 22.8 Å². The van der Waals surface area contributed by atoms with Crippen molar-refractivity contribution >= 4 is 27.7 Å². The lowest BCUT2D eigenvalue weighted by molar-refractivity contribution is -0.385. The molecule has 4 rings (SSSR count). The Morgan fingerprint density at radius 3 is 1.83 bits per heavy atom. The Hall–Kier alpha value is -5.17. The van der Waals surface area contributed by atoms with Gasteiger partial charge in [-0.3, -0.25) is 29.2 Å². The van der Waals surface area contributed by atoms with Crippen molar-refractivity contribution in [2.75, 3.05) is 6.61 Å². The number of ether oxygens (including phenoxy) is 2. The zero-order valence-electron chi connectivity index (χ0n) is 30.6. The van der Waals surface area contributed by atoms with Crippen molar-refractivity contribution in [3.63, 3.8) is 0 Å². The fourth-order valence-corrected chi connectivity index (χ4v) is 6.88. The van der Waals surface area contributed by atoms with Crippen LogP contribution in [0, 0.1) is 16.0 Å². The van der Waals surface area contributed by atoms with Crippen LogP contribution in [0.15, 0.2) is 132 Å². The van der Waals surface area contributed by atoms with Gasteiger partial charge in [0, 0.05) is 12.1 Å². The van der Waals surface area contributed by atoms with Gasteiger partial charge in [0.1, 0.15) is 22.3 Å². The number of nitrogens with one attached hydrogen (secondary N) is 1. The molecule has 11 nitrogen and oxygen atoms in total. The molecule has 1 N–H and O–H groups in total. The average Bonchev–Trinajstić information content (AvgIpc) is 3.14. The van der Waals surface area contributed by atoms with Crippen molar-refractivity contribution in [2.24, 2.45) is 5.92 Å². The second kappa shape index (κ2) is 18.0. The van der Waals surface area contributed by atoms with E-state index in [1.165, 1.54) is 18.2 Å². The standard InChI is InChI=1S/C41H46N2O9S/c1-6-30(2)51-38(44)31(18-17-27-50-53(48,49)36-26-16-25-35(29-36)43(46)47)28-37(39(45)52-40(3,4)5)42-41(32-19-10-7-11-20-32,33-21-12-8-13-22-33)34-23-14-9-15-24-34/h6-16,19-26,29,31,37,42H,17-18,27-28H2,1-5H3/b30-6-/t31-,37-/m0/s1. The number of carbonyl (C=O) groups excluding carboxylic acids is 2. The minimum Gasteiger partial charge on any atom is -0.459 e. The van der Waals surface area contributed by atoms with Gasteiger partial charge >= 0.3 is 11.9 Å². The van der Waals surface area contributed by atoms with Crippen LogP contribution in [0.2, 0.25) is 0 Å². The number of nitro benzene ring substituents is 1. The lowest BCUT2D eigenvalue weighted by Gasteiger charge is -2.40. The van der Waals surface area contributed by atoms with Gasteiger partial charge in [-0.05, 0) is 82.7 Å². The maximum Gasteiger partial charge on any atom is 0.323 e. The molecule has 0 unspecified atom stereocenters. The quantitative estimate of drug-likeness (QED) is 0.0215. The van der Waals surface area contributed by atoms with E-state index in [2.05, 4.69) is 5.32 Å². The van der Waals surface area contributed by atoms with Crippen LogP contribution >= 0.6 is 0 Å². The van der Waals surface area contributed by atoms with E-state index >= 15 is 0 Å². The summed E-state index contributed by atoms with van der Waals surface area (Å²) in [5, 5.41) is 14.9. The Kier molecular flexibility index (Phi) is 13.8. The predicted molar refractivity (Wildman–Crippen MR) is 201 cm³/mol. The van der Waals surface area contributed by atoms with Crippen LogP contribution in [0.4, 0.5) is 5.69 Å². The molecule has 0 fully saturated rings. The fourth-order valence-electron chi connectivity index (χ4n) is 5.90. The number of rotatable bonds is 17. The number of hydrogen-bond acceptors (Lipinski definition) is 10. The van der Waals surface area contributed by atoms with Crippen LogP contribution in [-0.2, 0) is 38.9 Å². The van der Waals surface area contributed by atoms with E-state index < -0.39 is 55.8 Å². The van der Waals surface area contributed by atoms with Crippen molar-refractivity contribution in [3.8, 4) is 0 Å². The predicted octanol–water partition coefficient (Wildman–Crippen LogP) is 7.85. The van der Waals surface area contributed by atoms with Gasteiger partial charge < -0.3 is 9.47 Å². The fraction of sp³-hybridized carbons (Fsp3) is 0.317. The summed E-state index contributed by atoms with van der Waals surface area (Å²) in [5.41, 5.74) is 0.182. The van der Waals surface area contributed by atoms with Gasteiger partial charge in [0.15, 0.2) is 0 Å². The van der Waals surface area contributed by atoms with Crippen LogP contribution < -0.4 is 5.32 Å². The highest BCUT2D eigenvalue weighted by Crippen LogP contribution is 2.38. The van der Waals surface area contributed by atoms with Gasteiger partial charge in [-0.2, -0.15) is 8.42 Å². The second-order valence-corrected chi connectivity index (χ2v) is 15.1. The van der Waals surface area contributed by atoms with Crippen LogP contribution in [0.1, 0.15) is 70.6 Å². The molecule has 0 aliphatic carbocycles. The molecule has 0 bridgehead atoms. The highest BCUT2D eigenvalue weighted by molar-refractivity contribution is 7.86. The lowest BCUT2D eigenvalue weighted by atomic mass is 9.76. The monoisotopic (exact) mass is 742 g/mol. The summed E-state index contributed by atoms with van der Waals surface area (Å²) >= 11 is 0. The molecule has 0 aliphatic rings. The molecule has 0 spiro atoms. The number of esters is 2. The Balaban J connectivity index is 1.73. The zero-order chi connectivity index (χ0) is 38.6. The minimum atomic E-state index is -4.35. The Morgan fingerprint density at radius 1 is 0.830 bits per heavy atom. The molecule has 4 aromatic rings. The first-order valence-corrected chi connectivity index (χ1v) is 18.7. The second-order valence-electron chi connectivity index (χ2n) is 13.5. The molecule has 53 heavy (non-hydrogen) atoms. The van der Waals surface area contributed by atoms with Crippen LogP contribution in [0.3, 0.4) is 0 Å². The van der Waals surface area contributed by atoms with Gasteiger partial charge in [-0.25, -0.2) is 0 Å². The van der Waals surface area contributed by atoms with Gasteiger partial charge in [0.05, 0.1) is 23.0 Å². The van der Waals surface area contributed by atoms with E-state index in [9.17, 15) is 28.1 Å². The van der Waals surface area contributed by atoms with Crippen LogP contribution in [-0.4, -0.2) is 43.5 Å². The largest absolute Gasteiger partial charge is 0.459 e. The highest BCUT2D eigenvalue weighted by Gasteiger charge is 2.42. The molecule has 12 heteroatoms. The lowest BCUT2D eigenvalue weighted by Crippen LogP contribution is -2.54. The Bertz CT molecular complexity index is 1880. The summed E-state index contributed by atoms with van der Waals surface area (Å²) < 4.78 is 42.7. The molecule has 280 valence electrons. The third-order valence-electron chi connectivity index (χ3n) is 8.48. The van der Waals surface area contributed by atoms with Crippen LogP contribution in [0.5, 0.6) is 0 Å². The molecule has 0 amide bonds. The van der Waals surface area contributed by atoms with E-state index in [-0.39, 0.29) is 30.8 Å². The minimum absolute atomic E-state index is 0.0728. The number of allylic oxidation sites excluding steroid dienone is 2. The topological polar surface area (TPSA) is 151 Å². The number of nitro groups is 1. The van der Waals surface area contributed by atoms with Crippen molar-refractivity contribution in [2.45, 2.75) is 76.0 Å². The SMILES string of the molecule is C/C=C(/C)OC(=O)[C@@H](CCCOS(=O)(=O)c1cccc([N+](=O)[O-])c1)C[C@H](NC(c1ccccc1)(c1ccccc1)c1ccccc1)C(=O)OC(C)(C)C. The van der Waals surface area contributed by atoms with E-state index in [1.807, 2.05) is 91.0 Å². The van der Waals surface area contributed by atoms with Gasteiger partial charge in [-0.15, -0.1) is 0 Å². The Morgan fingerprint density at radius 2 is 1.36 bits per heavy atom. The summed E-state index contributed by atoms with van der Waals surface area (Å²) in [6.07, 6.45) is 1.72. The number of non-ortho nitro benzene ring substituents is 1. The summed E-state index contributed by atoms with van der Waals surface area (Å²) in [5.74, 6) is -1.76. The average molecular weight is 743 g/mol. The molecule has 0 radical (unpaired) electrons. The van der Waals surface area contributed by atoms with E-state index in [4.69, 9.17) is 13.7 Å². The van der Waals surface area contributed by atoms with Crippen LogP contribution in [0.25, 0.3) is 0 Å². The third-order valence-corrected chi connectivity index (χ3v) is 9.78. The normalized spacial score (nSPS) is 13.5. The number of benzene rings is 4. The molecule has 2 atom stereocenters. The van der Waals surface area contributed by atoms with Gasteiger partial charge in [-0.1, -0.05) is 97.1 Å². The zero-order valence-corrected chi connectivity index (χ0v) is 31.4. The molecular weight excluding hydrogens is 697 g/mol. The van der Waals surface area contributed by atoms with Crippen molar-refractivity contribution in [3.05, 3.63) is 154 Å². The smallest absolute Gasteiger partial charge is 0.323 e. The maximum absolute atomic E-state index is 14.3. The Labute approximate surface area is 311 Å². The molecule has 4 aromatic carbocycles.